The molecule has 3 heterocycles. The highest BCUT2D eigenvalue weighted by Crippen LogP contribution is 2.66. The maximum absolute atomic E-state index is 13.5. The lowest BCUT2D eigenvalue weighted by Crippen LogP contribution is -2.66. The Morgan fingerprint density at radius 3 is 2.73 bits per heavy atom. The summed E-state index contributed by atoms with van der Waals surface area (Å²) in [5.41, 5.74) is -0.786. The zero-order valence-corrected chi connectivity index (χ0v) is 18.7. The number of ether oxygens (including phenoxy) is 3. The average Bonchev–Trinajstić information content (AvgIpc) is 3.43. The van der Waals surface area contributed by atoms with Crippen LogP contribution in [0.15, 0.2) is 46.8 Å². The molecule has 4 aliphatic rings. The minimum absolute atomic E-state index is 0.0438. The number of carbonyl (C=O) groups excluding carboxylic acids is 4. The number of rotatable bonds is 3. The first-order valence-electron chi connectivity index (χ1n) is 11.2. The molecule has 7 atom stereocenters. The number of esters is 3. The van der Waals surface area contributed by atoms with Gasteiger partial charge in [-0.25, -0.2) is 4.79 Å². The SMILES string of the molecule is CC=C(C)C(=O)O[C@@H]1C[C@@H]2C(=O)O[C@H](c3ccoc3)C[C@]2(C)[C@H]2C(=O)C=C[C@H]3C(=O)OC[C@]213. The van der Waals surface area contributed by atoms with E-state index in [9.17, 15) is 19.2 Å². The Hall–Kier alpha value is -3.16. The Labute approximate surface area is 190 Å². The topological polar surface area (TPSA) is 109 Å². The monoisotopic (exact) mass is 454 g/mol. The fourth-order valence-electron chi connectivity index (χ4n) is 6.42. The van der Waals surface area contributed by atoms with Gasteiger partial charge in [-0.2, -0.15) is 0 Å². The van der Waals surface area contributed by atoms with E-state index in [1.165, 1.54) is 18.6 Å². The smallest absolute Gasteiger partial charge is 0.333 e. The molecule has 0 bridgehead atoms. The third-order valence-corrected chi connectivity index (χ3v) is 8.16. The highest BCUT2D eigenvalue weighted by Gasteiger charge is 2.73. The maximum Gasteiger partial charge on any atom is 0.333 e. The molecule has 1 saturated carbocycles. The molecule has 0 aromatic carbocycles. The highest BCUT2D eigenvalue weighted by molar-refractivity contribution is 5.98. The molecule has 0 N–H and O–H groups in total. The minimum atomic E-state index is -1.07. The Morgan fingerprint density at radius 1 is 1.24 bits per heavy atom. The molecule has 2 aliphatic carbocycles. The number of carbonyl (C=O) groups is 4. The third kappa shape index (κ3) is 2.96. The lowest BCUT2D eigenvalue weighted by atomic mass is 9.43. The quantitative estimate of drug-likeness (QED) is 0.389. The lowest BCUT2D eigenvalue weighted by Gasteiger charge is -2.60. The van der Waals surface area contributed by atoms with Crippen LogP contribution < -0.4 is 0 Å². The third-order valence-electron chi connectivity index (χ3n) is 8.16. The number of furan rings is 1. The summed E-state index contributed by atoms with van der Waals surface area (Å²) >= 11 is 0. The molecule has 1 aromatic heterocycles. The van der Waals surface area contributed by atoms with E-state index in [0.29, 0.717) is 17.6 Å². The van der Waals surface area contributed by atoms with Gasteiger partial charge in [-0.1, -0.05) is 19.1 Å². The van der Waals surface area contributed by atoms with Gasteiger partial charge in [0.15, 0.2) is 5.78 Å². The van der Waals surface area contributed by atoms with Crippen molar-refractivity contribution in [3.63, 3.8) is 0 Å². The summed E-state index contributed by atoms with van der Waals surface area (Å²) < 4.78 is 22.3. The summed E-state index contributed by atoms with van der Waals surface area (Å²) in [5, 5.41) is 0. The second-order valence-corrected chi connectivity index (χ2v) is 9.74. The van der Waals surface area contributed by atoms with Crippen LogP contribution in [0.3, 0.4) is 0 Å². The Kier molecular flexibility index (Phi) is 4.88. The molecule has 5 rings (SSSR count). The largest absolute Gasteiger partial charge is 0.472 e. The van der Waals surface area contributed by atoms with E-state index in [1.54, 1.807) is 32.1 Å². The molecule has 3 fully saturated rings. The highest BCUT2D eigenvalue weighted by atomic mass is 16.6. The normalized spacial score (nSPS) is 39.8. The van der Waals surface area contributed by atoms with E-state index < -0.39 is 58.7 Å². The first kappa shape index (κ1) is 21.7. The van der Waals surface area contributed by atoms with Gasteiger partial charge in [0.1, 0.15) is 18.8 Å². The van der Waals surface area contributed by atoms with E-state index in [-0.39, 0.29) is 18.8 Å². The van der Waals surface area contributed by atoms with Crippen molar-refractivity contribution >= 4 is 23.7 Å². The standard InChI is InChI=1S/C25H26O8/c1-4-13(2)21(27)33-19-9-16-23(29)32-18(14-7-8-30-11-14)10-24(16,3)20-17(26)6-5-15-22(28)31-12-25(15,19)20/h4-8,11,15-16,18-20H,9-10,12H2,1-3H3/t15-,16+,18-,19+,20+,24-,25+/m0/s1. The van der Waals surface area contributed by atoms with Crippen LogP contribution in [0.1, 0.15) is 45.3 Å². The molecule has 1 spiro atoms. The van der Waals surface area contributed by atoms with Gasteiger partial charge in [0.25, 0.3) is 0 Å². The van der Waals surface area contributed by atoms with Crippen molar-refractivity contribution in [1.82, 2.24) is 0 Å². The van der Waals surface area contributed by atoms with Gasteiger partial charge >= 0.3 is 17.9 Å². The first-order valence-corrected chi connectivity index (χ1v) is 11.2. The van der Waals surface area contributed by atoms with Crippen molar-refractivity contribution < 1.29 is 37.8 Å². The molecule has 174 valence electrons. The van der Waals surface area contributed by atoms with Crippen molar-refractivity contribution in [2.75, 3.05) is 6.61 Å². The van der Waals surface area contributed by atoms with Crippen molar-refractivity contribution in [2.45, 2.75) is 45.8 Å². The Morgan fingerprint density at radius 2 is 2.03 bits per heavy atom. The molecule has 0 radical (unpaired) electrons. The van der Waals surface area contributed by atoms with Gasteiger partial charge < -0.3 is 18.6 Å². The number of cyclic esters (lactones) is 2. The van der Waals surface area contributed by atoms with E-state index in [1.807, 2.05) is 6.92 Å². The first-order chi connectivity index (χ1) is 15.7. The molecule has 0 amide bonds. The van der Waals surface area contributed by atoms with Crippen molar-refractivity contribution in [3.8, 4) is 0 Å². The van der Waals surface area contributed by atoms with Gasteiger partial charge in [-0.05, 0) is 44.2 Å². The second kappa shape index (κ2) is 7.43. The molecule has 8 heteroatoms. The molecule has 8 nitrogen and oxygen atoms in total. The van der Waals surface area contributed by atoms with E-state index >= 15 is 0 Å². The van der Waals surface area contributed by atoms with E-state index in [2.05, 4.69) is 0 Å². The number of hydrogen-bond donors (Lipinski definition) is 0. The zero-order chi connectivity index (χ0) is 23.5. The van der Waals surface area contributed by atoms with Crippen molar-refractivity contribution in [2.24, 2.45) is 28.6 Å². The van der Waals surface area contributed by atoms with Crippen LogP contribution in [0.2, 0.25) is 0 Å². The second-order valence-electron chi connectivity index (χ2n) is 9.74. The van der Waals surface area contributed by atoms with Crippen LogP contribution >= 0.6 is 0 Å². The van der Waals surface area contributed by atoms with Gasteiger partial charge in [0.05, 0.1) is 29.8 Å². The molecular formula is C25H26O8. The lowest BCUT2D eigenvalue weighted by molar-refractivity contribution is -0.219. The van der Waals surface area contributed by atoms with Crippen LogP contribution in [-0.2, 0) is 33.4 Å². The zero-order valence-electron chi connectivity index (χ0n) is 18.7. The Balaban J connectivity index is 1.63. The fourth-order valence-corrected chi connectivity index (χ4v) is 6.42. The van der Waals surface area contributed by atoms with Crippen LogP contribution in [0.5, 0.6) is 0 Å². The predicted octanol–water partition coefficient (Wildman–Crippen LogP) is 3.09. The Bertz CT molecular complexity index is 1080. The minimum Gasteiger partial charge on any atom is -0.472 e. The summed E-state index contributed by atoms with van der Waals surface area (Å²) in [6.07, 6.45) is 6.75. The summed E-state index contributed by atoms with van der Waals surface area (Å²) in [7, 11) is 0. The summed E-state index contributed by atoms with van der Waals surface area (Å²) in [6.45, 7) is 5.22. The maximum atomic E-state index is 13.5. The number of allylic oxidation sites excluding steroid dienone is 2. The summed E-state index contributed by atoms with van der Waals surface area (Å²) in [6, 6.07) is 1.73. The molecule has 1 aromatic rings. The van der Waals surface area contributed by atoms with Crippen LogP contribution in [0, 0.1) is 28.6 Å². The number of hydrogen-bond acceptors (Lipinski definition) is 8. The van der Waals surface area contributed by atoms with Gasteiger partial charge in [-0.15, -0.1) is 0 Å². The van der Waals surface area contributed by atoms with Gasteiger partial charge in [0.2, 0.25) is 0 Å². The predicted molar refractivity (Wildman–Crippen MR) is 112 cm³/mol. The number of ketones is 1. The van der Waals surface area contributed by atoms with Crippen LogP contribution in [-0.4, -0.2) is 36.4 Å². The molecular weight excluding hydrogens is 428 g/mol. The van der Waals surface area contributed by atoms with Gasteiger partial charge in [-0.3, -0.25) is 14.4 Å². The molecule has 2 saturated heterocycles. The molecule has 0 unspecified atom stereocenters. The fraction of sp³-hybridized carbons (Fsp3) is 0.520. The van der Waals surface area contributed by atoms with E-state index in [4.69, 9.17) is 18.6 Å². The molecule has 33 heavy (non-hydrogen) atoms. The summed E-state index contributed by atoms with van der Waals surface area (Å²) in [4.78, 5) is 52.2. The number of fused-ring (bicyclic) bond motifs is 2. The summed E-state index contributed by atoms with van der Waals surface area (Å²) in [5.74, 6) is -3.78. The van der Waals surface area contributed by atoms with Crippen molar-refractivity contribution in [3.05, 3.63) is 48.0 Å². The van der Waals surface area contributed by atoms with Crippen LogP contribution in [0.25, 0.3) is 0 Å². The van der Waals surface area contributed by atoms with Gasteiger partial charge in [0, 0.05) is 17.1 Å². The van der Waals surface area contributed by atoms with Crippen molar-refractivity contribution in [1.29, 1.82) is 0 Å². The van der Waals surface area contributed by atoms with E-state index in [0.717, 1.165) is 0 Å². The van der Waals surface area contributed by atoms with Crippen LogP contribution in [0.4, 0.5) is 0 Å². The average molecular weight is 454 g/mol. The molecule has 2 aliphatic heterocycles.